The van der Waals surface area contributed by atoms with E-state index in [1.54, 1.807) is 12.1 Å². The summed E-state index contributed by atoms with van der Waals surface area (Å²) >= 11 is 0. The van der Waals surface area contributed by atoms with Crippen molar-refractivity contribution in [3.63, 3.8) is 0 Å². The largest absolute Gasteiger partial charge is 0.493 e. The predicted octanol–water partition coefficient (Wildman–Crippen LogP) is 3.01. The fourth-order valence-electron chi connectivity index (χ4n) is 3.73. The van der Waals surface area contributed by atoms with Gasteiger partial charge in [0.1, 0.15) is 0 Å². The van der Waals surface area contributed by atoms with Crippen molar-refractivity contribution in [3.8, 4) is 17.2 Å². The van der Waals surface area contributed by atoms with Gasteiger partial charge in [-0.2, -0.15) is 0 Å². The summed E-state index contributed by atoms with van der Waals surface area (Å²) < 4.78 is 21.4. The normalized spacial score (nSPS) is 11.6. The van der Waals surface area contributed by atoms with Crippen molar-refractivity contribution < 1.29 is 23.7 Å². The second-order valence-electron chi connectivity index (χ2n) is 6.89. The lowest BCUT2D eigenvalue weighted by Gasteiger charge is -2.22. The lowest BCUT2D eigenvalue weighted by atomic mass is 9.86. The van der Waals surface area contributed by atoms with Gasteiger partial charge in [-0.05, 0) is 11.6 Å². The average Bonchev–Trinajstić information content (AvgIpc) is 3.16. The minimum absolute atomic E-state index is 0.0505. The maximum absolute atomic E-state index is 12.9. The summed E-state index contributed by atoms with van der Waals surface area (Å²) in [6.07, 6.45) is 0.438. The molecule has 0 spiro atoms. The first-order valence-electron chi connectivity index (χ1n) is 9.73. The minimum atomic E-state index is -0.629. The topological polar surface area (TPSA) is 103 Å². The molecular formula is C23H26N2O6. The molecule has 0 unspecified atom stereocenters. The van der Waals surface area contributed by atoms with Gasteiger partial charge in [-0.15, -0.1) is 0 Å². The first-order chi connectivity index (χ1) is 15.0. The van der Waals surface area contributed by atoms with E-state index >= 15 is 0 Å². The van der Waals surface area contributed by atoms with Crippen molar-refractivity contribution in [2.75, 3.05) is 28.4 Å². The Morgan fingerprint density at radius 1 is 0.903 bits per heavy atom. The number of methoxy groups -OCH3 is 4. The summed E-state index contributed by atoms with van der Waals surface area (Å²) in [6, 6.07) is 13.2. The molecule has 0 aliphatic carbocycles. The van der Waals surface area contributed by atoms with Crippen LogP contribution in [0.1, 0.15) is 34.7 Å². The van der Waals surface area contributed by atoms with Gasteiger partial charge in [0, 0.05) is 29.2 Å². The molecule has 0 bridgehead atoms. The molecule has 1 aromatic heterocycles. The molecule has 1 heterocycles. The monoisotopic (exact) mass is 426 g/mol. The third-order valence-corrected chi connectivity index (χ3v) is 5.18. The van der Waals surface area contributed by atoms with Crippen LogP contribution in [0.25, 0.3) is 0 Å². The molecule has 3 rings (SSSR count). The van der Waals surface area contributed by atoms with Gasteiger partial charge in [0.15, 0.2) is 11.5 Å². The van der Waals surface area contributed by atoms with Crippen LogP contribution in [0.5, 0.6) is 17.2 Å². The second kappa shape index (κ2) is 9.88. The van der Waals surface area contributed by atoms with E-state index in [9.17, 15) is 9.59 Å². The number of nitrogens with one attached hydrogen (secondary N) is 2. The second-order valence-corrected chi connectivity index (χ2v) is 6.89. The van der Waals surface area contributed by atoms with Crippen molar-refractivity contribution in [1.29, 1.82) is 0 Å². The number of rotatable bonds is 9. The third-order valence-electron chi connectivity index (χ3n) is 5.18. The number of aromatic amines is 2. The molecule has 2 N–H and O–H groups in total. The van der Waals surface area contributed by atoms with E-state index in [1.807, 2.05) is 30.3 Å². The first kappa shape index (κ1) is 22.0. The highest BCUT2D eigenvalue weighted by molar-refractivity contribution is 5.72. The third kappa shape index (κ3) is 4.58. The molecule has 1 atom stereocenters. The van der Waals surface area contributed by atoms with E-state index in [-0.39, 0.29) is 12.0 Å². The molecule has 0 saturated carbocycles. The number of hydrogen-bond acceptors (Lipinski definition) is 6. The van der Waals surface area contributed by atoms with Crippen LogP contribution in [0.15, 0.2) is 47.3 Å². The van der Waals surface area contributed by atoms with Gasteiger partial charge in [0.05, 0.1) is 34.9 Å². The number of aromatic nitrogens is 2. The smallest absolute Gasteiger partial charge is 0.306 e. The number of H-pyrrole nitrogens is 2. The SMILES string of the molecule is COC(=O)C[C@@H](c1ccc(OC)c(OC)c1OC)c1c(Cc2ccccc2)[nH][nH]c1=O. The van der Waals surface area contributed by atoms with Gasteiger partial charge in [0.25, 0.3) is 5.56 Å². The molecule has 164 valence electrons. The Morgan fingerprint density at radius 2 is 1.61 bits per heavy atom. The summed E-state index contributed by atoms with van der Waals surface area (Å²) in [6.45, 7) is 0. The zero-order chi connectivity index (χ0) is 22.4. The number of carbonyl (C=O) groups excluding carboxylic acids is 1. The highest BCUT2D eigenvalue weighted by atomic mass is 16.5. The molecule has 3 aromatic rings. The number of benzene rings is 2. The van der Waals surface area contributed by atoms with Gasteiger partial charge in [0.2, 0.25) is 5.75 Å². The van der Waals surface area contributed by atoms with E-state index in [1.165, 1.54) is 28.4 Å². The molecule has 8 nitrogen and oxygen atoms in total. The van der Waals surface area contributed by atoms with Crippen molar-refractivity contribution in [2.45, 2.75) is 18.8 Å². The molecule has 0 aliphatic heterocycles. The van der Waals surface area contributed by atoms with E-state index in [2.05, 4.69) is 10.2 Å². The maximum Gasteiger partial charge on any atom is 0.306 e. The summed E-state index contributed by atoms with van der Waals surface area (Å²) in [5, 5.41) is 5.62. The summed E-state index contributed by atoms with van der Waals surface area (Å²) in [4.78, 5) is 25.2. The predicted molar refractivity (Wildman–Crippen MR) is 115 cm³/mol. The fraction of sp³-hybridized carbons (Fsp3) is 0.304. The van der Waals surface area contributed by atoms with Crippen LogP contribution >= 0.6 is 0 Å². The highest BCUT2D eigenvalue weighted by Gasteiger charge is 2.30. The Kier molecular flexibility index (Phi) is 7.02. The van der Waals surface area contributed by atoms with Crippen LogP contribution in [0, 0.1) is 0 Å². The maximum atomic E-state index is 12.9. The van der Waals surface area contributed by atoms with E-state index < -0.39 is 11.9 Å². The quantitative estimate of drug-likeness (QED) is 0.510. The molecule has 0 aliphatic rings. The van der Waals surface area contributed by atoms with Gasteiger partial charge in [-0.1, -0.05) is 36.4 Å². The standard InChI is InChI=1S/C23H26N2O6/c1-28-18-11-10-15(21(30-3)22(18)31-4)16(13-19(26)29-2)20-17(24-25-23(20)27)12-14-8-6-5-7-9-14/h5-11,16H,12-13H2,1-4H3,(H2,24,25,27)/t16-/m0/s1. The van der Waals surface area contributed by atoms with E-state index in [4.69, 9.17) is 18.9 Å². The molecule has 0 radical (unpaired) electrons. The van der Waals surface area contributed by atoms with Gasteiger partial charge in [-0.3, -0.25) is 14.7 Å². The van der Waals surface area contributed by atoms with Crippen LogP contribution < -0.4 is 19.8 Å². The van der Waals surface area contributed by atoms with Crippen LogP contribution in [0.2, 0.25) is 0 Å². The van der Waals surface area contributed by atoms with Crippen molar-refractivity contribution in [3.05, 3.63) is 75.2 Å². The van der Waals surface area contributed by atoms with Gasteiger partial charge < -0.3 is 24.0 Å². The Labute approximate surface area is 180 Å². The molecule has 0 fully saturated rings. The zero-order valence-corrected chi connectivity index (χ0v) is 18.0. The lowest BCUT2D eigenvalue weighted by molar-refractivity contribution is -0.140. The average molecular weight is 426 g/mol. The summed E-state index contributed by atoms with van der Waals surface area (Å²) in [5.41, 5.74) is 2.46. The molecule has 31 heavy (non-hydrogen) atoms. The molecule has 2 aromatic carbocycles. The highest BCUT2D eigenvalue weighted by Crippen LogP contribution is 2.45. The Bertz CT molecular complexity index is 1090. The van der Waals surface area contributed by atoms with Crippen molar-refractivity contribution in [1.82, 2.24) is 10.2 Å². The van der Waals surface area contributed by atoms with Crippen LogP contribution in [0.4, 0.5) is 0 Å². The lowest BCUT2D eigenvalue weighted by Crippen LogP contribution is -2.19. The van der Waals surface area contributed by atoms with Crippen molar-refractivity contribution in [2.24, 2.45) is 0 Å². The molecule has 0 amide bonds. The molecule has 0 saturated heterocycles. The summed E-state index contributed by atoms with van der Waals surface area (Å²) in [7, 11) is 5.85. The van der Waals surface area contributed by atoms with Crippen molar-refractivity contribution >= 4 is 5.97 Å². The van der Waals surface area contributed by atoms with E-state index in [0.717, 1.165) is 5.56 Å². The number of ether oxygens (including phenoxy) is 4. The molecule has 8 heteroatoms. The number of hydrogen-bond donors (Lipinski definition) is 2. The number of carbonyl (C=O) groups is 1. The van der Waals surface area contributed by atoms with Gasteiger partial charge >= 0.3 is 5.97 Å². The van der Waals surface area contributed by atoms with Crippen LogP contribution in [-0.2, 0) is 16.0 Å². The first-order valence-corrected chi connectivity index (χ1v) is 9.73. The van der Waals surface area contributed by atoms with Crippen LogP contribution in [-0.4, -0.2) is 44.6 Å². The fourth-order valence-corrected chi connectivity index (χ4v) is 3.73. The Balaban J connectivity index is 2.18. The van der Waals surface area contributed by atoms with E-state index in [0.29, 0.717) is 40.5 Å². The summed E-state index contributed by atoms with van der Waals surface area (Å²) in [5.74, 6) is 0.173. The van der Waals surface area contributed by atoms with Gasteiger partial charge in [-0.25, -0.2) is 0 Å². The van der Waals surface area contributed by atoms with Crippen LogP contribution in [0.3, 0.4) is 0 Å². The minimum Gasteiger partial charge on any atom is -0.493 e. The molecular weight excluding hydrogens is 400 g/mol. The Morgan fingerprint density at radius 3 is 2.23 bits per heavy atom. The Hall–Kier alpha value is -3.68. The number of esters is 1. The zero-order valence-electron chi connectivity index (χ0n) is 18.0.